The van der Waals surface area contributed by atoms with Gasteiger partial charge in [-0.2, -0.15) is 0 Å². The second-order valence-corrected chi connectivity index (χ2v) is 7.18. The third-order valence-corrected chi connectivity index (χ3v) is 4.58. The molecule has 0 spiro atoms. The van der Waals surface area contributed by atoms with Crippen molar-refractivity contribution >= 4 is 80.7 Å². The van der Waals surface area contributed by atoms with Crippen LogP contribution in [-0.2, 0) is 58.1 Å². The molecule has 0 fully saturated rings. The van der Waals surface area contributed by atoms with Crippen LogP contribution in [-0.4, -0.2) is 47.3 Å². The summed E-state index contributed by atoms with van der Waals surface area (Å²) in [6, 6.07) is 0. The van der Waals surface area contributed by atoms with Crippen LogP contribution in [0.25, 0.3) is 0 Å². The molecule has 34 heavy (non-hydrogen) atoms. The lowest BCUT2D eigenvalue weighted by Crippen LogP contribution is -2.10. The van der Waals surface area contributed by atoms with Gasteiger partial charge in [-0.1, -0.05) is 47.9 Å². The van der Waals surface area contributed by atoms with Crippen molar-refractivity contribution in [3.63, 3.8) is 0 Å². The lowest BCUT2D eigenvalue weighted by molar-refractivity contribution is -0.254. The van der Waals surface area contributed by atoms with Gasteiger partial charge in [-0.15, -0.1) is 23.3 Å². The Hall–Kier alpha value is -2.82. The topological polar surface area (TPSA) is 158 Å². The van der Waals surface area contributed by atoms with E-state index in [1.807, 2.05) is 0 Å². The van der Waals surface area contributed by atoms with Gasteiger partial charge in [-0.05, 0) is 0 Å². The molecule has 0 unspecified atom stereocenters. The van der Waals surface area contributed by atoms with Crippen LogP contribution < -0.4 is 0 Å². The molecule has 0 aromatic carbocycles. The summed E-state index contributed by atoms with van der Waals surface area (Å²) in [6.07, 6.45) is 3.53. The standard InChI is InChI=1S/C12H14O8S2.C6H6O4.H2S2/c1-3-9(13)17-19-11(15)5-7-21-22-8-6-12(16)20-18-10(14)4-2;1-3-5(7)9-10-6(8)4-2;1-2/h3-4H,1-2,5-8H2;3-4H,1-2H2;1-2H. The summed E-state index contributed by atoms with van der Waals surface area (Å²) in [5.74, 6) is -3.95. The molecule has 0 atom stereocenters. The minimum absolute atomic E-state index is 0.0312. The molecule has 190 valence electrons. The summed E-state index contributed by atoms with van der Waals surface area (Å²) >= 11 is 6.44. The van der Waals surface area contributed by atoms with E-state index < -0.39 is 35.8 Å². The molecule has 0 bridgehead atoms. The van der Waals surface area contributed by atoms with E-state index in [2.05, 4.69) is 79.0 Å². The Bertz CT molecular complexity index is 664. The van der Waals surface area contributed by atoms with Crippen molar-refractivity contribution < 1.29 is 58.1 Å². The van der Waals surface area contributed by atoms with E-state index in [4.69, 9.17) is 0 Å². The van der Waals surface area contributed by atoms with Crippen molar-refractivity contribution in [1.82, 2.24) is 0 Å². The Morgan fingerprint density at radius 2 is 0.765 bits per heavy atom. The van der Waals surface area contributed by atoms with Gasteiger partial charge in [0.2, 0.25) is 0 Å². The molecule has 0 aromatic heterocycles. The molecule has 0 saturated carbocycles. The van der Waals surface area contributed by atoms with Gasteiger partial charge in [0.1, 0.15) is 0 Å². The molecule has 0 heterocycles. The van der Waals surface area contributed by atoms with E-state index in [-0.39, 0.29) is 12.8 Å². The highest BCUT2D eigenvalue weighted by Gasteiger charge is 2.09. The first-order valence-electron chi connectivity index (χ1n) is 8.39. The molecular weight excluding hydrogens is 536 g/mol. The van der Waals surface area contributed by atoms with Crippen molar-refractivity contribution in [1.29, 1.82) is 0 Å². The second kappa shape index (κ2) is 26.4. The van der Waals surface area contributed by atoms with Gasteiger partial charge in [0.25, 0.3) is 0 Å². The van der Waals surface area contributed by atoms with Gasteiger partial charge in [-0.3, -0.25) is 0 Å². The smallest absolute Gasteiger partial charge is 0.247 e. The highest BCUT2D eigenvalue weighted by atomic mass is 33.1. The summed E-state index contributed by atoms with van der Waals surface area (Å²) in [5.41, 5.74) is 0. The number of rotatable bonds is 11. The molecule has 0 aliphatic carbocycles. The Kier molecular flexibility index (Phi) is 27.8. The van der Waals surface area contributed by atoms with Crippen LogP contribution in [0.15, 0.2) is 50.6 Å². The first-order chi connectivity index (χ1) is 16.2. The largest absolute Gasteiger partial charge is 0.378 e. The van der Waals surface area contributed by atoms with Crippen molar-refractivity contribution in [2.75, 3.05) is 11.5 Å². The van der Waals surface area contributed by atoms with E-state index in [9.17, 15) is 28.8 Å². The van der Waals surface area contributed by atoms with Gasteiger partial charge < -0.3 is 0 Å². The Labute approximate surface area is 213 Å². The Morgan fingerprint density at radius 1 is 0.529 bits per heavy atom. The molecule has 12 nitrogen and oxygen atoms in total. The first kappa shape index (κ1) is 35.8. The number of carbonyl (C=O) groups is 6. The molecular formula is C18H22O12S4. The van der Waals surface area contributed by atoms with Gasteiger partial charge in [0.15, 0.2) is 0 Å². The molecule has 0 N–H and O–H groups in total. The van der Waals surface area contributed by atoms with Gasteiger partial charge in [0, 0.05) is 35.8 Å². The average molecular weight is 559 g/mol. The fourth-order valence-electron chi connectivity index (χ4n) is 0.844. The van der Waals surface area contributed by atoms with Crippen molar-refractivity contribution in [3.8, 4) is 0 Å². The molecule has 0 aliphatic heterocycles. The second-order valence-electron chi connectivity index (χ2n) is 4.48. The van der Waals surface area contributed by atoms with E-state index >= 15 is 0 Å². The molecule has 0 saturated heterocycles. The summed E-state index contributed by atoms with van der Waals surface area (Å²) in [6.45, 7) is 12.4. The lowest BCUT2D eigenvalue weighted by atomic mass is 10.5. The molecule has 0 rings (SSSR count). The van der Waals surface area contributed by atoms with E-state index in [0.29, 0.717) is 11.5 Å². The quantitative estimate of drug-likeness (QED) is 0.0952. The third kappa shape index (κ3) is 27.2. The zero-order valence-corrected chi connectivity index (χ0v) is 21.0. The zero-order chi connectivity index (χ0) is 26.8. The fourth-order valence-corrected chi connectivity index (χ4v) is 2.79. The summed E-state index contributed by atoms with van der Waals surface area (Å²) in [7, 11) is 2.63. The first-order valence-corrected chi connectivity index (χ1v) is 12.5. The maximum absolute atomic E-state index is 11.1. The molecule has 0 aromatic rings. The van der Waals surface area contributed by atoms with Crippen molar-refractivity contribution in [2.45, 2.75) is 12.8 Å². The van der Waals surface area contributed by atoms with E-state index in [1.165, 1.54) is 21.6 Å². The van der Waals surface area contributed by atoms with Crippen LogP contribution in [0.3, 0.4) is 0 Å². The average Bonchev–Trinajstić information content (AvgIpc) is 2.87. The predicted molar refractivity (Wildman–Crippen MR) is 129 cm³/mol. The number of hydrogen-bond acceptors (Lipinski definition) is 16. The molecule has 0 aliphatic rings. The van der Waals surface area contributed by atoms with E-state index in [1.54, 1.807) is 0 Å². The van der Waals surface area contributed by atoms with E-state index in [0.717, 1.165) is 24.3 Å². The Balaban J connectivity index is -0.000000668. The van der Waals surface area contributed by atoms with Crippen LogP contribution in [0.2, 0.25) is 0 Å². The fraction of sp³-hybridized carbons (Fsp3) is 0.222. The predicted octanol–water partition coefficient (Wildman–Crippen LogP) is 2.64. The minimum atomic E-state index is -0.856. The minimum Gasteiger partial charge on any atom is -0.247 e. The third-order valence-electron chi connectivity index (χ3n) is 2.17. The molecule has 16 heteroatoms. The van der Waals surface area contributed by atoms with Gasteiger partial charge in [0.05, 0.1) is 12.8 Å². The number of carbonyl (C=O) groups excluding carboxylic acids is 6. The van der Waals surface area contributed by atoms with Crippen LogP contribution in [0.1, 0.15) is 12.8 Å². The SMILES string of the molecule is C=CC(=O)OOC(=O)C=C.C=CC(=O)OOC(=O)CCSSCCC(=O)OOC(=O)C=C.SS. The monoisotopic (exact) mass is 558 g/mol. The van der Waals surface area contributed by atoms with Crippen molar-refractivity contribution in [2.24, 2.45) is 0 Å². The van der Waals surface area contributed by atoms with Crippen LogP contribution in [0, 0.1) is 0 Å². The highest BCUT2D eigenvalue weighted by molar-refractivity contribution is 8.76. The molecule has 0 amide bonds. The summed E-state index contributed by atoms with van der Waals surface area (Å²) < 4.78 is 0. The van der Waals surface area contributed by atoms with Gasteiger partial charge in [-0.25, -0.2) is 58.1 Å². The molecule has 0 radical (unpaired) electrons. The highest BCUT2D eigenvalue weighted by Crippen LogP contribution is 2.23. The van der Waals surface area contributed by atoms with Crippen LogP contribution in [0.4, 0.5) is 0 Å². The number of thiol groups is 2. The van der Waals surface area contributed by atoms with Gasteiger partial charge >= 0.3 is 35.8 Å². The zero-order valence-electron chi connectivity index (χ0n) is 17.6. The summed E-state index contributed by atoms with van der Waals surface area (Å²) in [5, 5.41) is 0. The maximum atomic E-state index is 11.1. The van der Waals surface area contributed by atoms with Crippen molar-refractivity contribution in [3.05, 3.63) is 50.6 Å². The Morgan fingerprint density at radius 3 is 1.00 bits per heavy atom. The summed E-state index contributed by atoms with van der Waals surface area (Å²) in [4.78, 5) is 88.0. The van der Waals surface area contributed by atoms with Crippen LogP contribution >= 0.6 is 44.9 Å². The maximum Gasteiger partial charge on any atom is 0.378 e. The normalized spacial score (nSPS) is 8.41. The van der Waals surface area contributed by atoms with Crippen LogP contribution in [0.5, 0.6) is 0 Å². The lowest BCUT2D eigenvalue weighted by Gasteiger charge is -2.02. The number of hydrogen-bond donors (Lipinski definition) is 2.